The summed E-state index contributed by atoms with van der Waals surface area (Å²) in [7, 11) is 0. The minimum Gasteiger partial charge on any atom is -0.490 e. The van der Waals surface area contributed by atoms with Gasteiger partial charge in [-0.15, -0.1) is 0 Å². The molecule has 1 N–H and O–H groups in total. The molecule has 1 aromatic rings. The van der Waals surface area contributed by atoms with Crippen molar-refractivity contribution in [3.8, 4) is 5.75 Å². The van der Waals surface area contributed by atoms with Crippen molar-refractivity contribution in [1.82, 2.24) is 0 Å². The van der Waals surface area contributed by atoms with Gasteiger partial charge in [0, 0.05) is 0 Å². The van der Waals surface area contributed by atoms with E-state index < -0.39 is 5.60 Å². The highest BCUT2D eigenvalue weighted by Crippen LogP contribution is 2.49. The predicted molar refractivity (Wildman–Crippen MR) is 78.7 cm³/mol. The van der Waals surface area contributed by atoms with Crippen LogP contribution < -0.4 is 4.74 Å². The molecule has 4 rings (SSSR count). The highest BCUT2D eigenvalue weighted by molar-refractivity contribution is 5.33. The lowest BCUT2D eigenvalue weighted by Gasteiger charge is -2.37. The van der Waals surface area contributed by atoms with E-state index in [1.165, 1.54) is 32.1 Å². The first-order valence-electron chi connectivity index (χ1n) is 8.22. The van der Waals surface area contributed by atoms with Gasteiger partial charge >= 0.3 is 0 Å². The second-order valence-corrected chi connectivity index (χ2v) is 7.07. The fourth-order valence-electron chi connectivity index (χ4n) is 3.76. The molecule has 0 aromatic heterocycles. The first kappa shape index (κ1) is 12.7. The molecule has 1 aromatic carbocycles. The summed E-state index contributed by atoms with van der Waals surface area (Å²) >= 11 is 0. The minimum absolute atomic E-state index is 0.422. The van der Waals surface area contributed by atoms with E-state index in [0.717, 1.165) is 42.4 Å². The topological polar surface area (TPSA) is 29.5 Å². The largest absolute Gasteiger partial charge is 0.490 e. The van der Waals surface area contributed by atoms with E-state index in [1.54, 1.807) is 0 Å². The molecule has 0 amide bonds. The van der Waals surface area contributed by atoms with Crippen LogP contribution in [-0.4, -0.2) is 11.2 Å². The first-order chi connectivity index (χ1) is 9.73. The van der Waals surface area contributed by atoms with Gasteiger partial charge in [0.25, 0.3) is 0 Å². The number of rotatable bonds is 4. The maximum Gasteiger partial charge on any atom is 0.120 e. The molecule has 3 aliphatic rings. The molecule has 2 nitrogen and oxygen atoms in total. The molecule has 0 saturated heterocycles. The average Bonchev–Trinajstić information content (AvgIpc) is 3.33. The predicted octanol–water partition coefficient (Wildman–Crippen LogP) is 4.02. The summed E-state index contributed by atoms with van der Waals surface area (Å²) in [5, 5.41) is 11.1. The van der Waals surface area contributed by atoms with Crippen LogP contribution in [0.1, 0.15) is 56.9 Å². The molecule has 3 saturated carbocycles. The van der Waals surface area contributed by atoms with Gasteiger partial charge in [-0.2, -0.15) is 0 Å². The summed E-state index contributed by atoms with van der Waals surface area (Å²) in [6.45, 7) is 0. The van der Waals surface area contributed by atoms with Gasteiger partial charge in [-0.1, -0.05) is 12.1 Å². The van der Waals surface area contributed by atoms with Crippen molar-refractivity contribution in [2.45, 2.75) is 63.1 Å². The summed E-state index contributed by atoms with van der Waals surface area (Å²) in [4.78, 5) is 0. The third-order valence-electron chi connectivity index (χ3n) is 5.25. The van der Waals surface area contributed by atoms with E-state index in [0.29, 0.717) is 6.10 Å². The molecule has 0 bridgehead atoms. The Kier molecular flexibility index (Phi) is 3.03. The van der Waals surface area contributed by atoms with Crippen LogP contribution in [0.25, 0.3) is 0 Å². The maximum absolute atomic E-state index is 11.1. The fraction of sp³-hybridized carbons (Fsp3) is 0.667. The summed E-state index contributed by atoms with van der Waals surface area (Å²) in [5.41, 5.74) is 0.454. The summed E-state index contributed by atoms with van der Waals surface area (Å²) in [6, 6.07) is 8.21. The molecular formula is C18H24O2. The van der Waals surface area contributed by atoms with Crippen LogP contribution in [0.4, 0.5) is 0 Å². The van der Waals surface area contributed by atoms with E-state index in [9.17, 15) is 5.11 Å². The number of hydrogen-bond donors (Lipinski definition) is 1. The summed E-state index contributed by atoms with van der Waals surface area (Å²) < 4.78 is 5.88. The van der Waals surface area contributed by atoms with Gasteiger partial charge in [0.15, 0.2) is 0 Å². The smallest absolute Gasteiger partial charge is 0.120 e. The Morgan fingerprint density at radius 1 is 1.05 bits per heavy atom. The Balaban J connectivity index is 1.54. The number of hydrogen-bond acceptors (Lipinski definition) is 2. The van der Waals surface area contributed by atoms with E-state index in [-0.39, 0.29) is 0 Å². The van der Waals surface area contributed by atoms with Gasteiger partial charge in [0.05, 0.1) is 11.7 Å². The third kappa shape index (κ3) is 2.58. The van der Waals surface area contributed by atoms with Crippen molar-refractivity contribution >= 4 is 0 Å². The van der Waals surface area contributed by atoms with Gasteiger partial charge in [-0.25, -0.2) is 0 Å². The Bertz CT molecular complexity index is 490. The maximum atomic E-state index is 11.1. The van der Waals surface area contributed by atoms with Gasteiger partial charge < -0.3 is 9.84 Å². The van der Waals surface area contributed by atoms with Crippen LogP contribution in [0.3, 0.4) is 0 Å². The Morgan fingerprint density at radius 3 is 2.65 bits per heavy atom. The van der Waals surface area contributed by atoms with Gasteiger partial charge in [0.1, 0.15) is 5.75 Å². The molecule has 20 heavy (non-hydrogen) atoms. The van der Waals surface area contributed by atoms with Crippen LogP contribution in [0.15, 0.2) is 24.3 Å². The van der Waals surface area contributed by atoms with Crippen LogP contribution in [0, 0.1) is 11.8 Å². The summed E-state index contributed by atoms with van der Waals surface area (Å²) in [5.74, 6) is 2.57. The average molecular weight is 272 g/mol. The molecule has 2 heteroatoms. The Hall–Kier alpha value is -1.02. The lowest BCUT2D eigenvalue weighted by Crippen LogP contribution is -2.33. The first-order valence-corrected chi connectivity index (χ1v) is 8.22. The fourth-order valence-corrected chi connectivity index (χ4v) is 3.76. The molecule has 3 fully saturated rings. The normalized spacial score (nSPS) is 34.0. The van der Waals surface area contributed by atoms with Gasteiger partial charge in [0.2, 0.25) is 0 Å². The standard InChI is InChI=1S/C18H24O2/c19-18(10-2-3-14(12-18)13-6-7-13)15-4-1-5-17(11-15)20-16-8-9-16/h1,4-5,11,13-14,16,19H,2-3,6-10,12H2. The second-order valence-electron chi connectivity index (χ2n) is 7.07. The number of ether oxygens (including phenoxy) is 1. The monoisotopic (exact) mass is 272 g/mol. The third-order valence-corrected chi connectivity index (χ3v) is 5.25. The Morgan fingerprint density at radius 2 is 1.90 bits per heavy atom. The highest BCUT2D eigenvalue weighted by Gasteiger charge is 2.42. The van der Waals surface area contributed by atoms with Gasteiger partial charge in [-0.05, 0) is 80.9 Å². The molecule has 2 atom stereocenters. The lowest BCUT2D eigenvalue weighted by molar-refractivity contribution is -0.0253. The van der Waals surface area contributed by atoms with Crippen LogP contribution >= 0.6 is 0 Å². The van der Waals surface area contributed by atoms with Crippen molar-refractivity contribution in [2.24, 2.45) is 11.8 Å². The highest BCUT2D eigenvalue weighted by atomic mass is 16.5. The molecule has 108 valence electrons. The second kappa shape index (κ2) is 4.77. The number of aliphatic hydroxyl groups is 1. The molecule has 3 aliphatic carbocycles. The van der Waals surface area contributed by atoms with E-state index in [4.69, 9.17) is 4.74 Å². The quantitative estimate of drug-likeness (QED) is 0.897. The van der Waals surface area contributed by atoms with Crippen LogP contribution in [0.5, 0.6) is 5.75 Å². The zero-order valence-corrected chi connectivity index (χ0v) is 12.1. The molecule has 2 unspecified atom stereocenters. The van der Waals surface area contributed by atoms with Crippen LogP contribution in [0.2, 0.25) is 0 Å². The van der Waals surface area contributed by atoms with E-state index in [1.807, 2.05) is 12.1 Å². The zero-order chi connectivity index (χ0) is 13.6. The molecule has 0 radical (unpaired) electrons. The van der Waals surface area contributed by atoms with Crippen molar-refractivity contribution in [2.75, 3.05) is 0 Å². The van der Waals surface area contributed by atoms with E-state index >= 15 is 0 Å². The molecule has 0 heterocycles. The minimum atomic E-state index is -0.617. The zero-order valence-electron chi connectivity index (χ0n) is 12.1. The SMILES string of the molecule is OC1(c2cccc(OC3CC3)c2)CCCC(C2CC2)C1. The van der Waals surface area contributed by atoms with Crippen molar-refractivity contribution in [3.63, 3.8) is 0 Å². The summed E-state index contributed by atoms with van der Waals surface area (Å²) in [6.07, 6.45) is 9.86. The lowest BCUT2D eigenvalue weighted by atomic mass is 9.73. The van der Waals surface area contributed by atoms with Crippen molar-refractivity contribution < 1.29 is 9.84 Å². The Labute approximate surface area is 121 Å². The number of benzene rings is 1. The van der Waals surface area contributed by atoms with Gasteiger partial charge in [-0.3, -0.25) is 0 Å². The van der Waals surface area contributed by atoms with E-state index in [2.05, 4.69) is 12.1 Å². The van der Waals surface area contributed by atoms with Crippen molar-refractivity contribution in [1.29, 1.82) is 0 Å². The molecule has 0 aliphatic heterocycles. The van der Waals surface area contributed by atoms with Crippen LogP contribution in [-0.2, 0) is 5.60 Å². The van der Waals surface area contributed by atoms with Crippen molar-refractivity contribution in [3.05, 3.63) is 29.8 Å². The molecular weight excluding hydrogens is 248 g/mol. The molecule has 0 spiro atoms.